The number of nitrogens with zero attached hydrogens (tertiary/aromatic N) is 2. The minimum Gasteiger partial charge on any atom is -0.489 e. The Labute approximate surface area is 159 Å². The molecule has 0 aliphatic rings. The molecule has 27 heavy (non-hydrogen) atoms. The van der Waals surface area contributed by atoms with E-state index in [4.69, 9.17) is 4.74 Å². The Morgan fingerprint density at radius 1 is 1.22 bits per heavy atom. The lowest BCUT2D eigenvalue weighted by molar-refractivity contribution is 0.0697. The normalized spacial score (nSPS) is 11.4. The number of carboxylic acids is 1. The fourth-order valence-corrected chi connectivity index (χ4v) is 3.75. The fraction of sp³-hybridized carbons (Fsp3) is 0.211. The second-order valence-corrected chi connectivity index (χ2v) is 7.49. The Balaban J connectivity index is 1.77. The molecule has 4 rings (SSSR count). The van der Waals surface area contributed by atoms with Crippen LogP contribution in [0.2, 0.25) is 0 Å². The number of carbonyl (C=O) groups is 1. The number of aromatic carboxylic acids is 1. The van der Waals surface area contributed by atoms with Gasteiger partial charge in [-0.2, -0.15) is 0 Å². The van der Waals surface area contributed by atoms with Crippen LogP contribution in [0.25, 0.3) is 21.3 Å². The van der Waals surface area contributed by atoms with E-state index < -0.39 is 5.97 Å². The number of aromatic nitrogens is 3. The van der Waals surface area contributed by atoms with Crippen LogP contribution in [0.15, 0.2) is 30.3 Å². The lowest BCUT2D eigenvalue weighted by atomic mass is 10.2. The van der Waals surface area contributed by atoms with Crippen LogP contribution in [0, 0.1) is 6.92 Å². The molecule has 0 bridgehead atoms. The van der Waals surface area contributed by atoms with Crippen LogP contribution in [0.1, 0.15) is 30.0 Å². The zero-order chi connectivity index (χ0) is 19.1. The maximum atomic E-state index is 11.3. The first kappa shape index (κ1) is 17.3. The summed E-state index contributed by atoms with van der Waals surface area (Å²) in [5, 5.41) is 13.2. The molecule has 0 fully saturated rings. The average Bonchev–Trinajstić information content (AvgIpc) is 3.17. The Kier molecular flexibility index (Phi) is 4.19. The summed E-state index contributed by atoms with van der Waals surface area (Å²) in [4.78, 5) is 23.7. The molecule has 0 aliphatic heterocycles. The first-order valence-electron chi connectivity index (χ1n) is 8.47. The summed E-state index contributed by atoms with van der Waals surface area (Å²) in [5.74, 6) is 0.420. The Morgan fingerprint density at radius 2 is 2.04 bits per heavy atom. The Morgan fingerprint density at radius 3 is 2.78 bits per heavy atom. The molecule has 2 aromatic carbocycles. The lowest BCUT2D eigenvalue weighted by Gasteiger charge is -2.15. The molecule has 8 heteroatoms. The molecule has 138 valence electrons. The largest absolute Gasteiger partial charge is 0.489 e. The number of hydrogen-bond acceptors (Lipinski definition) is 6. The number of anilines is 2. The minimum absolute atomic E-state index is 0.0387. The summed E-state index contributed by atoms with van der Waals surface area (Å²) in [6, 6.07) is 8.73. The smallest absolute Gasteiger partial charge is 0.335 e. The van der Waals surface area contributed by atoms with E-state index in [9.17, 15) is 9.90 Å². The zero-order valence-electron chi connectivity index (χ0n) is 15.0. The molecule has 0 radical (unpaired) electrons. The van der Waals surface area contributed by atoms with E-state index >= 15 is 0 Å². The van der Waals surface area contributed by atoms with Crippen LogP contribution in [0.5, 0.6) is 5.75 Å². The van der Waals surface area contributed by atoms with Gasteiger partial charge in [-0.15, -0.1) is 0 Å². The third-order valence-electron chi connectivity index (χ3n) is 3.96. The van der Waals surface area contributed by atoms with Crippen molar-refractivity contribution in [3.05, 3.63) is 41.7 Å². The molecule has 7 nitrogen and oxygen atoms in total. The molecular weight excluding hydrogens is 364 g/mol. The van der Waals surface area contributed by atoms with Gasteiger partial charge in [0.15, 0.2) is 5.13 Å². The van der Waals surface area contributed by atoms with E-state index in [1.807, 2.05) is 32.9 Å². The molecule has 0 unspecified atom stereocenters. The van der Waals surface area contributed by atoms with Gasteiger partial charge >= 0.3 is 5.97 Å². The molecule has 2 heterocycles. The van der Waals surface area contributed by atoms with E-state index in [0.717, 1.165) is 27.1 Å². The summed E-state index contributed by atoms with van der Waals surface area (Å²) < 4.78 is 6.80. The van der Waals surface area contributed by atoms with E-state index in [0.29, 0.717) is 16.6 Å². The summed E-state index contributed by atoms with van der Waals surface area (Å²) in [5.41, 5.74) is 3.32. The van der Waals surface area contributed by atoms with Crippen LogP contribution >= 0.6 is 11.3 Å². The maximum absolute atomic E-state index is 11.3. The van der Waals surface area contributed by atoms with Gasteiger partial charge in [0.25, 0.3) is 0 Å². The molecule has 0 atom stereocenters. The number of aromatic amines is 1. The van der Waals surface area contributed by atoms with E-state index in [1.165, 1.54) is 17.4 Å². The monoisotopic (exact) mass is 382 g/mol. The number of H-pyrrole nitrogens is 1. The van der Waals surface area contributed by atoms with Crippen molar-refractivity contribution in [3.63, 3.8) is 0 Å². The molecule has 0 spiro atoms. The second kappa shape index (κ2) is 6.55. The predicted molar refractivity (Wildman–Crippen MR) is 106 cm³/mol. The van der Waals surface area contributed by atoms with Crippen molar-refractivity contribution in [1.29, 1.82) is 0 Å². The average molecular weight is 382 g/mol. The summed E-state index contributed by atoms with van der Waals surface area (Å²) in [6.45, 7) is 5.75. The highest BCUT2D eigenvalue weighted by Crippen LogP contribution is 2.35. The molecule has 4 aromatic rings. The standard InChI is InChI=1S/C19H18N4O3S/c1-9(2)26-14-6-4-11(18(24)25)8-13(14)22-19-23-17-15(27-19)7-5-12-16(17)21-10(3)20-12/h4-9H,1-3H3,(H,20,21)(H,22,23)(H,24,25). The number of ether oxygens (including phenoxy) is 1. The van der Waals surface area contributed by atoms with Gasteiger partial charge in [-0.1, -0.05) is 11.3 Å². The van der Waals surface area contributed by atoms with Crippen LogP contribution in [-0.4, -0.2) is 32.1 Å². The van der Waals surface area contributed by atoms with Crippen molar-refractivity contribution >= 4 is 49.4 Å². The number of carboxylic acid groups (broad SMARTS) is 1. The Hall–Kier alpha value is -3.13. The first-order valence-corrected chi connectivity index (χ1v) is 9.29. The third kappa shape index (κ3) is 3.31. The number of rotatable bonds is 5. The topological polar surface area (TPSA) is 100 Å². The third-order valence-corrected chi connectivity index (χ3v) is 4.90. The summed E-state index contributed by atoms with van der Waals surface area (Å²) in [7, 11) is 0. The van der Waals surface area contributed by atoms with Gasteiger partial charge in [-0.05, 0) is 51.1 Å². The van der Waals surface area contributed by atoms with Crippen molar-refractivity contribution in [3.8, 4) is 5.75 Å². The highest BCUT2D eigenvalue weighted by Gasteiger charge is 2.15. The molecular formula is C19H18N4O3S. The molecule has 2 aromatic heterocycles. The van der Waals surface area contributed by atoms with Crippen LogP contribution in [0.4, 0.5) is 10.8 Å². The number of nitrogens with one attached hydrogen (secondary N) is 2. The minimum atomic E-state index is -0.993. The number of hydrogen-bond donors (Lipinski definition) is 3. The lowest BCUT2D eigenvalue weighted by Crippen LogP contribution is -2.08. The van der Waals surface area contributed by atoms with Crippen molar-refractivity contribution in [1.82, 2.24) is 15.0 Å². The number of thiazole rings is 1. The van der Waals surface area contributed by atoms with E-state index in [1.54, 1.807) is 12.1 Å². The highest BCUT2D eigenvalue weighted by molar-refractivity contribution is 7.22. The van der Waals surface area contributed by atoms with Gasteiger partial charge in [-0.3, -0.25) is 0 Å². The quantitative estimate of drug-likeness (QED) is 0.462. The number of aryl methyl sites for hydroxylation is 1. The van der Waals surface area contributed by atoms with E-state index in [-0.39, 0.29) is 11.7 Å². The number of fused-ring (bicyclic) bond motifs is 3. The van der Waals surface area contributed by atoms with Gasteiger partial charge in [0, 0.05) is 0 Å². The zero-order valence-corrected chi connectivity index (χ0v) is 15.8. The van der Waals surface area contributed by atoms with Crippen LogP contribution in [-0.2, 0) is 0 Å². The van der Waals surface area contributed by atoms with Crippen LogP contribution in [0.3, 0.4) is 0 Å². The van der Waals surface area contributed by atoms with Gasteiger partial charge in [0.05, 0.1) is 27.6 Å². The number of imidazole rings is 1. The highest BCUT2D eigenvalue weighted by atomic mass is 32.1. The van der Waals surface area contributed by atoms with E-state index in [2.05, 4.69) is 20.3 Å². The SMILES string of the molecule is Cc1nc2c(ccc3sc(Nc4cc(C(=O)O)ccc4OC(C)C)nc32)[nH]1. The van der Waals surface area contributed by atoms with Crippen molar-refractivity contribution < 1.29 is 14.6 Å². The molecule has 0 aliphatic carbocycles. The van der Waals surface area contributed by atoms with Gasteiger partial charge in [0.1, 0.15) is 22.6 Å². The van der Waals surface area contributed by atoms with Crippen molar-refractivity contribution in [2.24, 2.45) is 0 Å². The molecule has 0 amide bonds. The maximum Gasteiger partial charge on any atom is 0.335 e. The van der Waals surface area contributed by atoms with Gasteiger partial charge in [-0.25, -0.2) is 14.8 Å². The predicted octanol–water partition coefficient (Wildman–Crippen LogP) is 4.71. The molecule has 3 N–H and O–H groups in total. The van der Waals surface area contributed by atoms with Gasteiger partial charge < -0.3 is 20.1 Å². The fourth-order valence-electron chi connectivity index (χ4n) is 2.87. The second-order valence-electron chi connectivity index (χ2n) is 6.46. The first-order chi connectivity index (χ1) is 12.9. The number of benzene rings is 2. The van der Waals surface area contributed by atoms with Crippen molar-refractivity contribution in [2.45, 2.75) is 26.9 Å². The molecule has 0 saturated carbocycles. The van der Waals surface area contributed by atoms with Crippen molar-refractivity contribution in [2.75, 3.05) is 5.32 Å². The summed E-state index contributed by atoms with van der Waals surface area (Å²) >= 11 is 1.48. The summed E-state index contributed by atoms with van der Waals surface area (Å²) in [6.07, 6.45) is -0.0387. The Bertz CT molecular complexity index is 1160. The van der Waals surface area contributed by atoms with Gasteiger partial charge in [0.2, 0.25) is 0 Å². The van der Waals surface area contributed by atoms with Crippen LogP contribution < -0.4 is 10.1 Å². The molecule has 0 saturated heterocycles.